The molecule has 6 heteroatoms. The molecule has 0 aliphatic carbocycles. The lowest BCUT2D eigenvalue weighted by molar-refractivity contribution is 0.0299. The predicted octanol–water partition coefficient (Wildman–Crippen LogP) is 0.769. The number of nitrogens with zero attached hydrogens (tertiary/aromatic N) is 3. The maximum absolute atomic E-state index is 12.2. The molecule has 0 spiro atoms. The molecule has 1 aliphatic heterocycles. The van der Waals surface area contributed by atoms with Crippen LogP contribution in [0.4, 0.5) is 5.82 Å². The molecule has 1 amide bonds. The first-order valence-electron chi connectivity index (χ1n) is 6.12. The first-order valence-corrected chi connectivity index (χ1v) is 6.12. The van der Waals surface area contributed by atoms with Gasteiger partial charge in [-0.15, -0.1) is 0 Å². The second-order valence-corrected chi connectivity index (χ2v) is 4.49. The van der Waals surface area contributed by atoms with Gasteiger partial charge in [0.25, 0.3) is 5.91 Å². The predicted molar refractivity (Wildman–Crippen MR) is 67.5 cm³/mol. The molecule has 2 rings (SSSR count). The van der Waals surface area contributed by atoms with E-state index in [1.807, 2.05) is 13.8 Å². The number of rotatable bonds is 3. The number of aromatic nitrogens is 2. The van der Waals surface area contributed by atoms with Gasteiger partial charge >= 0.3 is 0 Å². The van der Waals surface area contributed by atoms with Crippen LogP contribution in [0.3, 0.4) is 0 Å². The minimum atomic E-state index is -0.0625. The number of morpholine rings is 1. The van der Waals surface area contributed by atoms with Crippen molar-refractivity contribution in [1.29, 1.82) is 0 Å². The Hall–Kier alpha value is -1.69. The van der Waals surface area contributed by atoms with E-state index >= 15 is 0 Å². The zero-order valence-electron chi connectivity index (χ0n) is 10.7. The van der Waals surface area contributed by atoms with Crippen LogP contribution >= 0.6 is 0 Å². The van der Waals surface area contributed by atoms with Crippen molar-refractivity contribution in [2.45, 2.75) is 19.9 Å². The van der Waals surface area contributed by atoms with E-state index in [4.69, 9.17) is 4.74 Å². The molecule has 1 aliphatic rings. The van der Waals surface area contributed by atoms with Gasteiger partial charge in [-0.3, -0.25) is 4.79 Å². The van der Waals surface area contributed by atoms with Crippen LogP contribution < -0.4 is 5.32 Å². The zero-order chi connectivity index (χ0) is 13.0. The first kappa shape index (κ1) is 12.8. The van der Waals surface area contributed by atoms with Crippen LogP contribution in [0.25, 0.3) is 0 Å². The fraction of sp³-hybridized carbons (Fsp3) is 0.583. The van der Waals surface area contributed by atoms with Crippen molar-refractivity contribution in [3.63, 3.8) is 0 Å². The molecule has 1 saturated heterocycles. The van der Waals surface area contributed by atoms with Gasteiger partial charge in [0.15, 0.2) is 0 Å². The van der Waals surface area contributed by atoms with E-state index < -0.39 is 0 Å². The summed E-state index contributed by atoms with van der Waals surface area (Å²) in [6.07, 6.45) is 1.42. The van der Waals surface area contributed by atoms with Crippen LogP contribution in [0.5, 0.6) is 0 Å². The monoisotopic (exact) mass is 250 g/mol. The van der Waals surface area contributed by atoms with Crippen LogP contribution in [0.2, 0.25) is 0 Å². The Morgan fingerprint density at radius 3 is 2.78 bits per heavy atom. The Balaban J connectivity index is 2.09. The minimum absolute atomic E-state index is 0.0625. The highest BCUT2D eigenvalue weighted by molar-refractivity contribution is 5.92. The lowest BCUT2D eigenvalue weighted by atomic mass is 10.3. The SMILES string of the molecule is CC(C)Nc1cc(C(=O)N2CCOCC2)ncn1. The van der Waals surface area contributed by atoms with Crippen molar-refractivity contribution in [3.05, 3.63) is 18.1 Å². The third-order valence-corrected chi connectivity index (χ3v) is 2.62. The molecular formula is C12H18N4O2. The second kappa shape index (κ2) is 5.77. The fourth-order valence-corrected chi connectivity index (χ4v) is 1.78. The molecule has 18 heavy (non-hydrogen) atoms. The quantitative estimate of drug-likeness (QED) is 0.858. The Kier molecular flexibility index (Phi) is 4.09. The van der Waals surface area contributed by atoms with Crippen LogP contribution in [0.1, 0.15) is 24.3 Å². The van der Waals surface area contributed by atoms with Crippen molar-refractivity contribution in [2.75, 3.05) is 31.6 Å². The summed E-state index contributed by atoms with van der Waals surface area (Å²) in [5, 5.41) is 3.16. The molecule has 0 atom stereocenters. The largest absolute Gasteiger partial charge is 0.378 e. The maximum atomic E-state index is 12.2. The molecule has 1 fully saturated rings. The van der Waals surface area contributed by atoms with Crippen molar-refractivity contribution in [2.24, 2.45) is 0 Å². The van der Waals surface area contributed by atoms with Crippen molar-refractivity contribution in [3.8, 4) is 0 Å². The summed E-state index contributed by atoms with van der Waals surface area (Å²) in [5.41, 5.74) is 0.426. The summed E-state index contributed by atoms with van der Waals surface area (Å²) in [5.74, 6) is 0.615. The van der Waals surface area contributed by atoms with E-state index in [0.717, 1.165) is 0 Å². The van der Waals surface area contributed by atoms with Gasteiger partial charge in [-0.25, -0.2) is 9.97 Å². The number of anilines is 1. The molecule has 2 heterocycles. The van der Waals surface area contributed by atoms with Crippen LogP contribution in [-0.4, -0.2) is 53.1 Å². The van der Waals surface area contributed by atoms with Crippen LogP contribution in [-0.2, 0) is 4.74 Å². The van der Waals surface area contributed by atoms with Gasteiger partial charge in [0.2, 0.25) is 0 Å². The number of carbonyl (C=O) groups is 1. The molecule has 0 radical (unpaired) electrons. The Morgan fingerprint density at radius 2 is 2.11 bits per heavy atom. The van der Waals surface area contributed by atoms with Gasteiger partial charge < -0.3 is 15.0 Å². The summed E-state index contributed by atoms with van der Waals surface area (Å²) < 4.78 is 5.22. The van der Waals surface area contributed by atoms with Gasteiger partial charge in [0.05, 0.1) is 13.2 Å². The Bertz CT molecular complexity index is 416. The number of hydrogen-bond acceptors (Lipinski definition) is 5. The molecule has 0 aromatic carbocycles. The van der Waals surface area contributed by atoms with Gasteiger partial charge in [0.1, 0.15) is 17.8 Å². The van der Waals surface area contributed by atoms with Gasteiger partial charge in [-0.05, 0) is 13.8 Å². The number of ether oxygens (including phenoxy) is 1. The van der Waals surface area contributed by atoms with Crippen LogP contribution in [0.15, 0.2) is 12.4 Å². The molecule has 0 bridgehead atoms. The lowest BCUT2D eigenvalue weighted by Crippen LogP contribution is -2.41. The number of amides is 1. The van der Waals surface area contributed by atoms with Gasteiger partial charge in [0, 0.05) is 25.2 Å². The number of carbonyl (C=O) groups excluding carboxylic acids is 1. The van der Waals surface area contributed by atoms with E-state index in [-0.39, 0.29) is 11.9 Å². The lowest BCUT2D eigenvalue weighted by Gasteiger charge is -2.26. The highest BCUT2D eigenvalue weighted by Crippen LogP contribution is 2.09. The smallest absolute Gasteiger partial charge is 0.272 e. The molecule has 0 unspecified atom stereocenters. The molecular weight excluding hydrogens is 232 g/mol. The summed E-state index contributed by atoms with van der Waals surface area (Å²) in [6.45, 7) is 6.46. The summed E-state index contributed by atoms with van der Waals surface area (Å²) in [6, 6.07) is 1.96. The second-order valence-electron chi connectivity index (χ2n) is 4.49. The van der Waals surface area contributed by atoms with Gasteiger partial charge in [-0.1, -0.05) is 0 Å². The van der Waals surface area contributed by atoms with Crippen molar-refractivity contribution < 1.29 is 9.53 Å². The third-order valence-electron chi connectivity index (χ3n) is 2.62. The highest BCUT2D eigenvalue weighted by atomic mass is 16.5. The number of hydrogen-bond donors (Lipinski definition) is 1. The molecule has 0 saturated carbocycles. The topological polar surface area (TPSA) is 67.4 Å². The molecule has 6 nitrogen and oxygen atoms in total. The normalized spacial score (nSPS) is 15.8. The van der Waals surface area contributed by atoms with E-state index in [1.54, 1.807) is 11.0 Å². The van der Waals surface area contributed by atoms with E-state index in [1.165, 1.54) is 6.33 Å². The molecule has 1 aromatic rings. The average Bonchev–Trinajstić information content (AvgIpc) is 2.38. The first-order chi connectivity index (χ1) is 8.66. The van der Waals surface area contributed by atoms with E-state index in [0.29, 0.717) is 37.8 Å². The maximum Gasteiger partial charge on any atom is 0.272 e. The zero-order valence-corrected chi connectivity index (χ0v) is 10.7. The standard InChI is InChI=1S/C12H18N4O2/c1-9(2)15-11-7-10(13-8-14-11)12(17)16-3-5-18-6-4-16/h7-9H,3-6H2,1-2H3,(H,13,14,15). The molecule has 98 valence electrons. The Labute approximate surface area is 106 Å². The summed E-state index contributed by atoms with van der Waals surface area (Å²) in [4.78, 5) is 22.1. The van der Waals surface area contributed by atoms with Gasteiger partial charge in [-0.2, -0.15) is 0 Å². The summed E-state index contributed by atoms with van der Waals surface area (Å²) in [7, 11) is 0. The third kappa shape index (κ3) is 3.16. The van der Waals surface area contributed by atoms with E-state index in [9.17, 15) is 4.79 Å². The van der Waals surface area contributed by atoms with Crippen LogP contribution in [0, 0.1) is 0 Å². The molecule has 1 aromatic heterocycles. The molecule has 1 N–H and O–H groups in total. The fourth-order valence-electron chi connectivity index (χ4n) is 1.78. The van der Waals surface area contributed by atoms with Crippen molar-refractivity contribution >= 4 is 11.7 Å². The Morgan fingerprint density at radius 1 is 1.39 bits per heavy atom. The van der Waals surface area contributed by atoms with Crippen molar-refractivity contribution in [1.82, 2.24) is 14.9 Å². The minimum Gasteiger partial charge on any atom is -0.378 e. The van der Waals surface area contributed by atoms with E-state index in [2.05, 4.69) is 15.3 Å². The summed E-state index contributed by atoms with van der Waals surface area (Å²) >= 11 is 0. The highest BCUT2D eigenvalue weighted by Gasteiger charge is 2.20. The average molecular weight is 250 g/mol. The number of nitrogens with one attached hydrogen (secondary N) is 1.